The van der Waals surface area contributed by atoms with Gasteiger partial charge in [0.05, 0.1) is 5.60 Å². The van der Waals surface area contributed by atoms with Gasteiger partial charge in [0.15, 0.2) is 5.82 Å². The van der Waals surface area contributed by atoms with Crippen molar-refractivity contribution < 1.29 is 9.50 Å². The molecule has 5 heteroatoms. The van der Waals surface area contributed by atoms with E-state index in [4.69, 9.17) is 0 Å². The van der Waals surface area contributed by atoms with Crippen LogP contribution >= 0.6 is 15.9 Å². The Bertz CT molecular complexity index is 440. The molecular formula is C14H20BrFN2O. The summed E-state index contributed by atoms with van der Waals surface area (Å²) in [4.78, 5) is 6.26. The molecule has 1 fully saturated rings. The van der Waals surface area contributed by atoms with Gasteiger partial charge in [-0.05, 0) is 73.3 Å². The van der Waals surface area contributed by atoms with Crippen LogP contribution < -0.4 is 0 Å². The van der Waals surface area contributed by atoms with E-state index >= 15 is 0 Å². The number of piperidine rings is 1. The predicted octanol–water partition coefficient (Wildman–Crippen LogP) is 2.97. The van der Waals surface area contributed by atoms with Gasteiger partial charge in [0.1, 0.15) is 4.60 Å². The molecule has 0 bridgehead atoms. The number of hydrogen-bond donors (Lipinski definition) is 1. The highest BCUT2D eigenvalue weighted by molar-refractivity contribution is 9.10. The van der Waals surface area contributed by atoms with E-state index in [-0.39, 0.29) is 10.4 Å². The van der Waals surface area contributed by atoms with Crippen molar-refractivity contribution in [2.75, 3.05) is 13.1 Å². The lowest BCUT2D eigenvalue weighted by Gasteiger charge is -2.37. The summed E-state index contributed by atoms with van der Waals surface area (Å²) in [6.45, 7) is 6.34. The minimum absolute atomic E-state index is 0.261. The molecule has 1 aromatic heterocycles. The van der Waals surface area contributed by atoms with Crippen LogP contribution in [0.5, 0.6) is 0 Å². The van der Waals surface area contributed by atoms with Crippen LogP contribution in [-0.2, 0) is 6.54 Å². The second kappa shape index (κ2) is 5.85. The van der Waals surface area contributed by atoms with E-state index in [9.17, 15) is 9.50 Å². The Morgan fingerprint density at radius 1 is 1.47 bits per heavy atom. The Hall–Kier alpha value is -0.520. The normalized spacial score (nSPS) is 18.8. The lowest BCUT2D eigenvalue weighted by Crippen LogP contribution is -2.41. The number of likely N-dealkylation sites (tertiary alicyclic amines) is 1. The lowest BCUT2D eigenvalue weighted by atomic mass is 9.83. The number of hydrogen-bond acceptors (Lipinski definition) is 3. The zero-order valence-electron chi connectivity index (χ0n) is 11.4. The monoisotopic (exact) mass is 330 g/mol. The smallest absolute Gasteiger partial charge is 0.156 e. The van der Waals surface area contributed by atoms with Gasteiger partial charge < -0.3 is 5.11 Å². The average Bonchev–Trinajstić information content (AvgIpc) is 2.33. The van der Waals surface area contributed by atoms with E-state index in [0.717, 1.165) is 38.0 Å². The maximum atomic E-state index is 13.4. The van der Waals surface area contributed by atoms with E-state index < -0.39 is 5.60 Å². The van der Waals surface area contributed by atoms with Gasteiger partial charge in [-0.15, -0.1) is 0 Å². The summed E-state index contributed by atoms with van der Waals surface area (Å²) < 4.78 is 13.7. The zero-order valence-corrected chi connectivity index (χ0v) is 13.0. The number of rotatable bonds is 3. The number of aromatic nitrogens is 1. The summed E-state index contributed by atoms with van der Waals surface area (Å²) in [5.74, 6) is 0.0346. The van der Waals surface area contributed by atoms with Crippen LogP contribution in [0.2, 0.25) is 0 Å². The molecule has 0 saturated carbocycles. The van der Waals surface area contributed by atoms with Crippen molar-refractivity contribution in [3.05, 3.63) is 28.2 Å². The first-order chi connectivity index (χ1) is 8.86. The minimum Gasteiger partial charge on any atom is -0.390 e. The molecule has 1 N–H and O–H groups in total. The summed E-state index contributed by atoms with van der Waals surface area (Å²) in [6, 6.07) is 1.53. The third-order valence-electron chi connectivity index (χ3n) is 3.85. The molecule has 19 heavy (non-hydrogen) atoms. The first-order valence-electron chi connectivity index (χ1n) is 6.61. The summed E-state index contributed by atoms with van der Waals surface area (Å²) in [6.07, 6.45) is 3.67. The number of aliphatic hydroxyl groups is 1. The second-order valence-electron chi connectivity index (χ2n) is 5.82. The Balaban J connectivity index is 1.90. The Kier molecular flexibility index (Phi) is 4.58. The third-order valence-corrected chi connectivity index (χ3v) is 4.43. The van der Waals surface area contributed by atoms with Gasteiger partial charge >= 0.3 is 0 Å². The maximum absolute atomic E-state index is 13.4. The van der Waals surface area contributed by atoms with Crippen molar-refractivity contribution >= 4 is 15.9 Å². The molecule has 0 amide bonds. The lowest BCUT2D eigenvalue weighted by molar-refractivity contribution is -0.0136. The fourth-order valence-corrected chi connectivity index (χ4v) is 2.82. The molecule has 0 radical (unpaired) electrons. The van der Waals surface area contributed by atoms with Gasteiger partial charge in [-0.1, -0.05) is 0 Å². The van der Waals surface area contributed by atoms with Gasteiger partial charge in [-0.25, -0.2) is 9.37 Å². The van der Waals surface area contributed by atoms with Crippen LogP contribution in [0.15, 0.2) is 16.9 Å². The van der Waals surface area contributed by atoms with Crippen LogP contribution in [0.1, 0.15) is 32.3 Å². The standard InChI is InChI=1S/C14H20BrFN2O/c1-14(2,19)11-3-5-18(6-4-11)9-10-7-12(16)13(15)17-8-10/h7-8,11,19H,3-6,9H2,1-2H3. The molecule has 0 spiro atoms. The first-order valence-corrected chi connectivity index (χ1v) is 7.40. The molecule has 1 aromatic rings. The van der Waals surface area contributed by atoms with Gasteiger partial charge in [0, 0.05) is 12.7 Å². The first kappa shape index (κ1) is 14.9. The van der Waals surface area contributed by atoms with Crippen molar-refractivity contribution in [2.45, 2.75) is 38.8 Å². The van der Waals surface area contributed by atoms with Gasteiger partial charge in [0.25, 0.3) is 0 Å². The molecule has 1 aliphatic rings. The topological polar surface area (TPSA) is 36.4 Å². The van der Waals surface area contributed by atoms with Crippen LogP contribution in [0, 0.1) is 11.7 Å². The van der Waals surface area contributed by atoms with E-state index in [1.54, 1.807) is 6.20 Å². The SMILES string of the molecule is CC(C)(O)C1CCN(Cc2cnc(Br)c(F)c2)CC1. The van der Waals surface area contributed by atoms with Crippen molar-refractivity contribution in [1.82, 2.24) is 9.88 Å². The van der Waals surface area contributed by atoms with Crippen molar-refractivity contribution in [3.63, 3.8) is 0 Å². The Labute approximate surface area is 122 Å². The predicted molar refractivity (Wildman–Crippen MR) is 76.2 cm³/mol. The molecular weight excluding hydrogens is 311 g/mol. The number of halogens is 2. The van der Waals surface area contributed by atoms with Crippen molar-refractivity contribution in [3.8, 4) is 0 Å². The summed E-state index contributed by atoms with van der Waals surface area (Å²) >= 11 is 3.06. The Morgan fingerprint density at radius 3 is 2.63 bits per heavy atom. The van der Waals surface area contributed by atoms with Gasteiger partial charge in [-0.2, -0.15) is 0 Å². The minimum atomic E-state index is -0.600. The summed E-state index contributed by atoms with van der Waals surface area (Å²) in [5, 5.41) is 10.0. The highest BCUT2D eigenvalue weighted by atomic mass is 79.9. The van der Waals surface area contributed by atoms with E-state index in [0.29, 0.717) is 5.92 Å². The average molecular weight is 331 g/mol. The highest BCUT2D eigenvalue weighted by Gasteiger charge is 2.30. The summed E-state index contributed by atoms with van der Waals surface area (Å²) in [5.41, 5.74) is 0.291. The van der Waals surface area contributed by atoms with Gasteiger partial charge in [0.2, 0.25) is 0 Å². The van der Waals surface area contributed by atoms with Crippen molar-refractivity contribution in [2.24, 2.45) is 5.92 Å². The third kappa shape index (κ3) is 3.97. The molecule has 106 valence electrons. The molecule has 2 rings (SSSR count). The molecule has 1 aliphatic heterocycles. The fourth-order valence-electron chi connectivity index (χ4n) is 2.60. The second-order valence-corrected chi connectivity index (χ2v) is 6.57. The quantitative estimate of drug-likeness (QED) is 0.865. The highest BCUT2D eigenvalue weighted by Crippen LogP contribution is 2.28. The molecule has 0 aromatic carbocycles. The number of pyridine rings is 1. The van der Waals surface area contributed by atoms with E-state index in [1.165, 1.54) is 6.07 Å². The van der Waals surface area contributed by atoms with Crippen LogP contribution in [-0.4, -0.2) is 33.7 Å². The summed E-state index contributed by atoms with van der Waals surface area (Å²) in [7, 11) is 0. The van der Waals surface area contributed by atoms with Crippen LogP contribution in [0.25, 0.3) is 0 Å². The van der Waals surface area contributed by atoms with E-state index in [2.05, 4.69) is 25.8 Å². The molecule has 0 aliphatic carbocycles. The van der Waals surface area contributed by atoms with Crippen molar-refractivity contribution in [1.29, 1.82) is 0 Å². The maximum Gasteiger partial charge on any atom is 0.156 e. The van der Waals surface area contributed by atoms with Crippen LogP contribution in [0.3, 0.4) is 0 Å². The van der Waals surface area contributed by atoms with Gasteiger partial charge in [-0.3, -0.25) is 4.90 Å². The molecule has 3 nitrogen and oxygen atoms in total. The molecule has 0 unspecified atom stereocenters. The molecule has 2 heterocycles. The zero-order chi connectivity index (χ0) is 14.0. The fraction of sp³-hybridized carbons (Fsp3) is 0.643. The largest absolute Gasteiger partial charge is 0.390 e. The Morgan fingerprint density at radius 2 is 2.11 bits per heavy atom. The van der Waals surface area contributed by atoms with Crippen LogP contribution in [0.4, 0.5) is 4.39 Å². The molecule has 1 saturated heterocycles. The number of nitrogens with zero attached hydrogens (tertiary/aromatic N) is 2. The molecule has 0 atom stereocenters. The van der Waals surface area contributed by atoms with E-state index in [1.807, 2.05) is 13.8 Å².